The molecule has 3 N–H and O–H groups in total. The molecule has 4 aliphatic rings. The van der Waals surface area contributed by atoms with Gasteiger partial charge in [-0.15, -0.1) is 0 Å². The molecule has 1 aromatic carbocycles. The number of nitrogens with one attached hydrogen (secondary N) is 3. The number of fused-ring (bicyclic) bond motifs is 2. The minimum atomic E-state index is 0.183. The average Bonchev–Trinajstić information content (AvgIpc) is 3.27. The number of carbonyl (C=O) groups is 1. The van der Waals surface area contributed by atoms with Crippen LogP contribution in [-0.2, 0) is 17.6 Å². The van der Waals surface area contributed by atoms with Crippen molar-refractivity contribution in [2.24, 2.45) is 5.92 Å². The third-order valence-electron chi connectivity index (χ3n) is 7.10. The number of amides is 1. The minimum absolute atomic E-state index is 0.183. The molecule has 146 valence electrons. The second-order valence-electron chi connectivity index (χ2n) is 8.68. The van der Waals surface area contributed by atoms with Gasteiger partial charge in [-0.05, 0) is 49.7 Å². The summed E-state index contributed by atoms with van der Waals surface area (Å²) >= 11 is 0. The fraction of sp³-hybridized carbons (Fsp3) is 0.667. The zero-order valence-corrected chi connectivity index (χ0v) is 16.0. The van der Waals surface area contributed by atoms with Crippen LogP contribution in [0.15, 0.2) is 24.3 Å². The number of hydrogen-bond donors (Lipinski definition) is 3. The molecule has 1 aromatic rings. The SMILES string of the molecule is O=C(C1CCC2NNNC2C1)N1CCCN(C2Cc3ccccc3C2)CC1. The summed E-state index contributed by atoms with van der Waals surface area (Å²) in [5.74, 6) is 0.571. The number of hydrogen-bond acceptors (Lipinski definition) is 5. The number of rotatable bonds is 2. The summed E-state index contributed by atoms with van der Waals surface area (Å²) < 4.78 is 0. The summed E-state index contributed by atoms with van der Waals surface area (Å²) in [5.41, 5.74) is 12.6. The first kappa shape index (κ1) is 17.6. The Kier molecular flexibility index (Phi) is 4.90. The topological polar surface area (TPSA) is 59.6 Å². The monoisotopic (exact) mass is 369 g/mol. The van der Waals surface area contributed by atoms with E-state index in [4.69, 9.17) is 0 Å². The standard InChI is InChI=1S/C21H31N5O/c27-21(17-6-7-19-20(14-17)23-24-22-19)26-9-3-8-25(10-11-26)18-12-15-4-1-2-5-16(15)13-18/h1-2,4-5,17-20,22-24H,3,6-14H2. The van der Waals surface area contributed by atoms with Gasteiger partial charge in [0.25, 0.3) is 0 Å². The van der Waals surface area contributed by atoms with Crippen LogP contribution in [0, 0.1) is 5.92 Å². The summed E-state index contributed by atoms with van der Waals surface area (Å²) in [7, 11) is 0. The van der Waals surface area contributed by atoms with E-state index in [0.717, 1.165) is 51.9 Å². The Balaban J connectivity index is 1.17. The van der Waals surface area contributed by atoms with E-state index in [0.29, 0.717) is 24.0 Å². The van der Waals surface area contributed by atoms with Crippen LogP contribution in [0.5, 0.6) is 0 Å². The van der Waals surface area contributed by atoms with Crippen LogP contribution >= 0.6 is 0 Å². The molecule has 0 radical (unpaired) electrons. The maximum absolute atomic E-state index is 13.1. The highest BCUT2D eigenvalue weighted by Crippen LogP contribution is 2.29. The van der Waals surface area contributed by atoms with Gasteiger partial charge in [0.15, 0.2) is 0 Å². The lowest BCUT2D eigenvalue weighted by molar-refractivity contribution is -0.136. The highest BCUT2D eigenvalue weighted by atomic mass is 16.2. The van der Waals surface area contributed by atoms with Gasteiger partial charge in [-0.25, -0.2) is 10.9 Å². The van der Waals surface area contributed by atoms with Gasteiger partial charge in [0.1, 0.15) is 0 Å². The van der Waals surface area contributed by atoms with E-state index in [1.165, 1.54) is 24.0 Å². The predicted molar refractivity (Wildman–Crippen MR) is 105 cm³/mol. The maximum atomic E-state index is 13.1. The molecule has 3 atom stereocenters. The first-order chi connectivity index (χ1) is 13.3. The number of nitrogens with zero attached hydrogens (tertiary/aromatic N) is 2. The normalized spacial score (nSPS) is 32.1. The van der Waals surface area contributed by atoms with Crippen LogP contribution in [-0.4, -0.2) is 60.0 Å². The molecule has 3 fully saturated rings. The first-order valence-electron chi connectivity index (χ1n) is 10.6. The van der Waals surface area contributed by atoms with Crippen LogP contribution in [0.4, 0.5) is 0 Å². The van der Waals surface area contributed by atoms with Gasteiger partial charge in [-0.1, -0.05) is 24.3 Å². The minimum Gasteiger partial charge on any atom is -0.341 e. The fourth-order valence-electron chi connectivity index (χ4n) is 5.53. The molecular formula is C21H31N5O. The van der Waals surface area contributed by atoms with Crippen molar-refractivity contribution >= 4 is 5.91 Å². The van der Waals surface area contributed by atoms with Crippen LogP contribution in [0.1, 0.15) is 36.8 Å². The third-order valence-corrected chi connectivity index (χ3v) is 7.10. The summed E-state index contributed by atoms with van der Waals surface area (Å²) in [6, 6.07) is 10.3. The summed E-state index contributed by atoms with van der Waals surface area (Å²) in [6.45, 7) is 3.95. The number of carbonyl (C=O) groups excluding carboxylic acids is 1. The van der Waals surface area contributed by atoms with Gasteiger partial charge in [-0.2, -0.15) is 5.53 Å². The molecule has 3 unspecified atom stereocenters. The highest BCUT2D eigenvalue weighted by Gasteiger charge is 2.38. The molecule has 6 heteroatoms. The van der Waals surface area contributed by atoms with Crippen molar-refractivity contribution in [3.8, 4) is 0 Å². The van der Waals surface area contributed by atoms with Gasteiger partial charge >= 0.3 is 0 Å². The summed E-state index contributed by atoms with van der Waals surface area (Å²) in [5, 5.41) is 0. The number of hydrazine groups is 2. The zero-order chi connectivity index (χ0) is 18.2. The Bertz CT molecular complexity index is 670. The van der Waals surface area contributed by atoms with Crippen LogP contribution in [0.25, 0.3) is 0 Å². The Morgan fingerprint density at radius 1 is 0.926 bits per heavy atom. The van der Waals surface area contributed by atoms with Gasteiger partial charge < -0.3 is 4.90 Å². The molecule has 0 aromatic heterocycles. The molecule has 2 saturated heterocycles. The van der Waals surface area contributed by atoms with Crippen molar-refractivity contribution < 1.29 is 4.79 Å². The third kappa shape index (κ3) is 3.51. The molecule has 1 saturated carbocycles. The molecule has 2 aliphatic heterocycles. The first-order valence-corrected chi connectivity index (χ1v) is 10.6. The lowest BCUT2D eigenvalue weighted by Gasteiger charge is -2.33. The highest BCUT2D eigenvalue weighted by molar-refractivity contribution is 5.79. The zero-order valence-electron chi connectivity index (χ0n) is 16.0. The van der Waals surface area contributed by atoms with Gasteiger partial charge in [0.2, 0.25) is 5.91 Å². The number of benzene rings is 1. The maximum Gasteiger partial charge on any atom is 0.225 e. The van der Waals surface area contributed by atoms with E-state index in [1.54, 1.807) is 0 Å². The summed E-state index contributed by atoms with van der Waals surface area (Å²) in [4.78, 5) is 17.9. The van der Waals surface area contributed by atoms with E-state index in [2.05, 4.69) is 50.5 Å². The second kappa shape index (κ2) is 7.51. The van der Waals surface area contributed by atoms with E-state index in [9.17, 15) is 4.79 Å². The molecule has 1 amide bonds. The molecule has 5 rings (SSSR count). The molecule has 0 spiro atoms. The van der Waals surface area contributed by atoms with Crippen LogP contribution in [0.2, 0.25) is 0 Å². The van der Waals surface area contributed by atoms with Crippen molar-refractivity contribution in [3.05, 3.63) is 35.4 Å². The molecule has 0 bridgehead atoms. The summed E-state index contributed by atoms with van der Waals surface area (Å²) in [6.07, 6.45) is 6.46. The van der Waals surface area contributed by atoms with E-state index >= 15 is 0 Å². The van der Waals surface area contributed by atoms with E-state index in [1.807, 2.05) is 0 Å². The molecule has 27 heavy (non-hydrogen) atoms. The smallest absolute Gasteiger partial charge is 0.225 e. The van der Waals surface area contributed by atoms with Gasteiger partial charge in [-0.3, -0.25) is 9.69 Å². The fourth-order valence-corrected chi connectivity index (χ4v) is 5.53. The Morgan fingerprint density at radius 3 is 2.52 bits per heavy atom. The lowest BCUT2D eigenvalue weighted by Crippen LogP contribution is -2.46. The van der Waals surface area contributed by atoms with Crippen molar-refractivity contribution in [3.63, 3.8) is 0 Å². The van der Waals surface area contributed by atoms with Crippen molar-refractivity contribution in [2.45, 2.75) is 56.7 Å². The largest absolute Gasteiger partial charge is 0.341 e. The molecule has 2 heterocycles. The van der Waals surface area contributed by atoms with Crippen molar-refractivity contribution in [1.82, 2.24) is 26.2 Å². The Labute approximate surface area is 161 Å². The average molecular weight is 370 g/mol. The second-order valence-corrected chi connectivity index (χ2v) is 8.68. The Hall–Kier alpha value is -1.47. The van der Waals surface area contributed by atoms with Crippen LogP contribution < -0.4 is 16.4 Å². The molecule has 2 aliphatic carbocycles. The van der Waals surface area contributed by atoms with Crippen LogP contribution in [0.3, 0.4) is 0 Å². The van der Waals surface area contributed by atoms with Gasteiger partial charge in [0, 0.05) is 50.2 Å². The van der Waals surface area contributed by atoms with E-state index < -0.39 is 0 Å². The lowest BCUT2D eigenvalue weighted by atomic mass is 9.82. The van der Waals surface area contributed by atoms with E-state index in [-0.39, 0.29) is 5.92 Å². The quantitative estimate of drug-likeness (QED) is 0.721. The predicted octanol–water partition coefficient (Wildman–Crippen LogP) is 0.838. The molecule has 6 nitrogen and oxygen atoms in total. The van der Waals surface area contributed by atoms with Crippen molar-refractivity contribution in [2.75, 3.05) is 26.2 Å². The molecular weight excluding hydrogens is 338 g/mol. The van der Waals surface area contributed by atoms with Crippen molar-refractivity contribution in [1.29, 1.82) is 0 Å². The Morgan fingerprint density at radius 2 is 1.70 bits per heavy atom. The van der Waals surface area contributed by atoms with Gasteiger partial charge in [0.05, 0.1) is 0 Å².